The SMILES string of the molecule is CCCc1c(OCCCC/C=C\C=C\[C@H]2O[C@@H]2CCCC(F)(F)F)ccc(C(C)=O)c1O. The average Bonchev–Trinajstić information content (AvgIpc) is 3.45. The van der Waals surface area contributed by atoms with Gasteiger partial charge in [-0.2, -0.15) is 13.2 Å². The van der Waals surface area contributed by atoms with Gasteiger partial charge in [-0.05, 0) is 57.6 Å². The molecule has 32 heavy (non-hydrogen) atoms. The highest BCUT2D eigenvalue weighted by molar-refractivity contribution is 5.97. The second-order valence-corrected chi connectivity index (χ2v) is 8.05. The van der Waals surface area contributed by atoms with E-state index in [0.717, 1.165) is 25.7 Å². The van der Waals surface area contributed by atoms with Crippen LogP contribution in [0.1, 0.15) is 74.7 Å². The zero-order valence-electron chi connectivity index (χ0n) is 18.8. The summed E-state index contributed by atoms with van der Waals surface area (Å²) < 4.78 is 47.6. The Balaban J connectivity index is 1.62. The molecular weight excluding hydrogens is 421 g/mol. The number of hydrogen-bond donors (Lipinski definition) is 1. The van der Waals surface area contributed by atoms with Gasteiger partial charge < -0.3 is 14.6 Å². The molecule has 1 aromatic carbocycles. The molecule has 0 saturated carbocycles. The summed E-state index contributed by atoms with van der Waals surface area (Å²) in [5, 5.41) is 10.4. The summed E-state index contributed by atoms with van der Waals surface area (Å²) in [4.78, 5) is 11.6. The van der Waals surface area contributed by atoms with Gasteiger partial charge in [0.25, 0.3) is 0 Å². The van der Waals surface area contributed by atoms with Crippen LogP contribution in [0, 0.1) is 0 Å². The fourth-order valence-electron chi connectivity index (χ4n) is 3.49. The van der Waals surface area contributed by atoms with Crippen LogP contribution >= 0.6 is 0 Å². The Bertz CT molecular complexity index is 799. The zero-order chi connectivity index (χ0) is 23.6. The summed E-state index contributed by atoms with van der Waals surface area (Å²) in [6.45, 7) is 3.96. The number of Topliss-reactive ketones (excluding diaryl/α,β-unsaturated/α-hetero) is 1. The van der Waals surface area contributed by atoms with E-state index in [4.69, 9.17) is 9.47 Å². The highest BCUT2D eigenvalue weighted by Crippen LogP contribution is 2.33. The van der Waals surface area contributed by atoms with Gasteiger partial charge in [0.05, 0.1) is 18.3 Å². The summed E-state index contributed by atoms with van der Waals surface area (Å²) >= 11 is 0. The van der Waals surface area contributed by atoms with Crippen LogP contribution in [0.2, 0.25) is 0 Å². The predicted molar refractivity (Wildman–Crippen MR) is 118 cm³/mol. The molecule has 1 aliphatic heterocycles. The van der Waals surface area contributed by atoms with Gasteiger partial charge >= 0.3 is 6.18 Å². The highest BCUT2D eigenvalue weighted by Gasteiger charge is 2.37. The van der Waals surface area contributed by atoms with E-state index in [1.807, 2.05) is 31.2 Å². The third-order valence-corrected chi connectivity index (χ3v) is 5.26. The van der Waals surface area contributed by atoms with E-state index in [9.17, 15) is 23.1 Å². The zero-order valence-corrected chi connectivity index (χ0v) is 18.8. The quantitative estimate of drug-likeness (QED) is 0.147. The van der Waals surface area contributed by atoms with Gasteiger partial charge in [0.1, 0.15) is 17.6 Å². The van der Waals surface area contributed by atoms with Crippen molar-refractivity contribution in [1.29, 1.82) is 0 Å². The van der Waals surface area contributed by atoms with Crippen LogP contribution in [0.4, 0.5) is 13.2 Å². The van der Waals surface area contributed by atoms with Crippen molar-refractivity contribution in [3.05, 3.63) is 47.6 Å². The van der Waals surface area contributed by atoms with Crippen LogP contribution in [0.3, 0.4) is 0 Å². The summed E-state index contributed by atoms with van der Waals surface area (Å²) in [7, 11) is 0. The average molecular weight is 455 g/mol. The van der Waals surface area contributed by atoms with E-state index in [-0.39, 0.29) is 30.2 Å². The van der Waals surface area contributed by atoms with Crippen molar-refractivity contribution < 1.29 is 32.5 Å². The molecule has 2 rings (SSSR count). The Labute approximate surface area is 188 Å². The van der Waals surface area contributed by atoms with Crippen molar-refractivity contribution in [1.82, 2.24) is 0 Å². The number of hydrogen-bond acceptors (Lipinski definition) is 4. The summed E-state index contributed by atoms with van der Waals surface area (Å²) in [6, 6.07) is 3.36. The van der Waals surface area contributed by atoms with Crippen LogP contribution in [0.25, 0.3) is 0 Å². The van der Waals surface area contributed by atoms with Gasteiger partial charge in [-0.15, -0.1) is 0 Å². The Kier molecular flexibility index (Phi) is 10.3. The normalized spacial score (nSPS) is 18.5. The molecule has 1 aromatic rings. The monoisotopic (exact) mass is 454 g/mol. The van der Waals surface area contributed by atoms with E-state index < -0.39 is 12.6 Å². The number of alkyl halides is 3. The lowest BCUT2D eigenvalue weighted by molar-refractivity contribution is -0.135. The molecule has 0 unspecified atom stereocenters. The number of rotatable bonds is 14. The van der Waals surface area contributed by atoms with Gasteiger partial charge in [-0.25, -0.2) is 0 Å². The van der Waals surface area contributed by atoms with E-state index >= 15 is 0 Å². The molecule has 0 aliphatic carbocycles. The van der Waals surface area contributed by atoms with Crippen LogP contribution in [0.5, 0.6) is 11.5 Å². The first kappa shape index (κ1) is 26.0. The molecule has 1 fully saturated rings. The van der Waals surface area contributed by atoms with Gasteiger partial charge in [0, 0.05) is 12.0 Å². The molecule has 4 nitrogen and oxygen atoms in total. The predicted octanol–water partition coefficient (Wildman–Crippen LogP) is 6.71. The van der Waals surface area contributed by atoms with Crippen molar-refractivity contribution in [3.63, 3.8) is 0 Å². The number of carbonyl (C=O) groups excluding carboxylic acids is 1. The van der Waals surface area contributed by atoms with E-state index in [1.165, 1.54) is 6.92 Å². The summed E-state index contributed by atoms with van der Waals surface area (Å²) in [5.41, 5.74) is 1.01. The highest BCUT2D eigenvalue weighted by atomic mass is 19.4. The lowest BCUT2D eigenvalue weighted by Gasteiger charge is -2.14. The first-order valence-electron chi connectivity index (χ1n) is 11.3. The van der Waals surface area contributed by atoms with Crippen LogP contribution in [-0.2, 0) is 11.2 Å². The molecule has 0 spiro atoms. The standard InChI is InChI=1S/C25H33F3O4/c1-3-11-20-21(15-14-19(18(2)29)24(20)30)31-17-9-7-5-4-6-8-12-22-23(32-22)13-10-16-25(26,27)28/h4,6,8,12,14-15,22-23,30H,3,5,7,9-11,13,16-17H2,1-2H3/b6-4-,12-8+/t22-,23-/m1/s1. The fraction of sp³-hybridized carbons (Fsp3) is 0.560. The smallest absolute Gasteiger partial charge is 0.389 e. The molecule has 7 heteroatoms. The second-order valence-electron chi connectivity index (χ2n) is 8.05. The van der Waals surface area contributed by atoms with Crippen molar-refractivity contribution >= 4 is 5.78 Å². The lowest BCUT2D eigenvalue weighted by Crippen LogP contribution is -2.07. The molecule has 0 amide bonds. The number of halogens is 3. The van der Waals surface area contributed by atoms with E-state index in [1.54, 1.807) is 12.1 Å². The minimum absolute atomic E-state index is 0.0220. The number of phenols is 1. The van der Waals surface area contributed by atoms with Crippen molar-refractivity contribution in [3.8, 4) is 11.5 Å². The number of benzene rings is 1. The Hall–Kier alpha value is -2.28. The Morgan fingerprint density at radius 2 is 2.00 bits per heavy atom. The molecule has 2 atom stereocenters. The number of unbranched alkanes of at least 4 members (excludes halogenated alkanes) is 2. The molecular formula is C25H33F3O4. The maximum atomic E-state index is 12.1. The molecule has 1 aliphatic rings. The van der Waals surface area contributed by atoms with E-state index in [0.29, 0.717) is 36.3 Å². The molecule has 0 aromatic heterocycles. The Morgan fingerprint density at radius 3 is 2.69 bits per heavy atom. The van der Waals surface area contributed by atoms with Crippen molar-refractivity contribution in [2.75, 3.05) is 6.61 Å². The first-order chi connectivity index (χ1) is 15.2. The maximum Gasteiger partial charge on any atom is 0.389 e. The van der Waals surface area contributed by atoms with Crippen LogP contribution < -0.4 is 4.74 Å². The Morgan fingerprint density at radius 1 is 1.22 bits per heavy atom. The molecule has 1 saturated heterocycles. The van der Waals surface area contributed by atoms with Crippen molar-refractivity contribution in [2.45, 2.75) is 83.6 Å². The van der Waals surface area contributed by atoms with Gasteiger partial charge in [-0.3, -0.25) is 4.79 Å². The summed E-state index contributed by atoms with van der Waals surface area (Å²) in [5.74, 6) is 0.480. The third-order valence-electron chi connectivity index (χ3n) is 5.26. The maximum absolute atomic E-state index is 12.1. The van der Waals surface area contributed by atoms with Gasteiger partial charge in [0.2, 0.25) is 0 Å². The minimum Gasteiger partial charge on any atom is -0.507 e. The van der Waals surface area contributed by atoms with Gasteiger partial charge in [0.15, 0.2) is 5.78 Å². The number of ketones is 1. The number of carbonyl (C=O) groups is 1. The molecule has 0 radical (unpaired) electrons. The number of ether oxygens (including phenoxy) is 2. The van der Waals surface area contributed by atoms with Crippen LogP contribution in [0.15, 0.2) is 36.4 Å². The third kappa shape index (κ3) is 9.07. The minimum atomic E-state index is -4.09. The summed E-state index contributed by atoms with van der Waals surface area (Å²) in [6.07, 6.45) is 7.42. The first-order valence-corrected chi connectivity index (χ1v) is 11.3. The van der Waals surface area contributed by atoms with Crippen LogP contribution in [-0.4, -0.2) is 35.9 Å². The van der Waals surface area contributed by atoms with Gasteiger partial charge in [-0.1, -0.05) is 37.6 Å². The molecule has 178 valence electrons. The number of epoxide rings is 1. The lowest BCUT2D eigenvalue weighted by atomic mass is 10.0. The van der Waals surface area contributed by atoms with E-state index in [2.05, 4.69) is 0 Å². The molecule has 1 N–H and O–H groups in total. The topological polar surface area (TPSA) is 59.1 Å². The van der Waals surface area contributed by atoms with Crippen molar-refractivity contribution in [2.24, 2.45) is 0 Å². The number of allylic oxidation sites excluding steroid dienone is 3. The largest absolute Gasteiger partial charge is 0.507 e. The fourth-order valence-corrected chi connectivity index (χ4v) is 3.49. The molecule has 0 bridgehead atoms. The molecule has 1 heterocycles. The second kappa shape index (κ2) is 12.7. The number of phenolic OH excluding ortho intramolecular Hbond substituents is 1. The number of aromatic hydroxyl groups is 1.